The molecular weight excluding hydrogens is 248 g/mol. The van der Waals surface area contributed by atoms with Crippen LogP contribution in [0.15, 0.2) is 24.3 Å². The van der Waals surface area contributed by atoms with Crippen LogP contribution in [-0.4, -0.2) is 11.9 Å². The molecule has 3 nitrogen and oxygen atoms in total. The van der Waals surface area contributed by atoms with E-state index < -0.39 is 0 Å². The summed E-state index contributed by atoms with van der Waals surface area (Å²) in [7, 11) is 0. The number of hydrogen-bond donors (Lipinski definition) is 2. The minimum atomic E-state index is -0.0309. The van der Waals surface area contributed by atoms with Gasteiger partial charge in [-0.15, -0.1) is 0 Å². The molecular formula is C17H28N2O. The Morgan fingerprint density at radius 3 is 2.45 bits per heavy atom. The molecule has 20 heavy (non-hydrogen) atoms. The molecule has 1 rings (SSSR count). The predicted octanol–water partition coefficient (Wildman–Crippen LogP) is 4.09. The second kappa shape index (κ2) is 9.54. The van der Waals surface area contributed by atoms with Crippen molar-refractivity contribution in [1.29, 1.82) is 0 Å². The molecule has 0 aliphatic heterocycles. The number of amides is 1. The number of nitrogens with one attached hydrogen (secondary N) is 2. The molecule has 0 spiro atoms. The van der Waals surface area contributed by atoms with Gasteiger partial charge in [0.05, 0.1) is 0 Å². The maximum absolute atomic E-state index is 10.9. The van der Waals surface area contributed by atoms with E-state index >= 15 is 0 Å². The second-order valence-corrected chi connectivity index (χ2v) is 5.51. The summed E-state index contributed by atoms with van der Waals surface area (Å²) in [4.78, 5) is 10.9. The fourth-order valence-corrected chi connectivity index (χ4v) is 2.18. The Hall–Kier alpha value is -1.35. The molecule has 0 aliphatic rings. The van der Waals surface area contributed by atoms with E-state index in [0.717, 1.165) is 12.2 Å². The van der Waals surface area contributed by atoms with Gasteiger partial charge in [0.2, 0.25) is 5.91 Å². The lowest BCUT2D eigenvalue weighted by molar-refractivity contribution is -0.114. The Labute approximate surface area is 123 Å². The number of unbranched alkanes of at least 4 members (excludes halogenated alkanes) is 3. The molecule has 3 heteroatoms. The predicted molar refractivity (Wildman–Crippen MR) is 85.8 cm³/mol. The average Bonchev–Trinajstić information content (AvgIpc) is 2.42. The first-order valence-electron chi connectivity index (χ1n) is 7.71. The summed E-state index contributed by atoms with van der Waals surface area (Å²) >= 11 is 0. The number of carbonyl (C=O) groups is 1. The number of rotatable bonds is 9. The summed E-state index contributed by atoms with van der Waals surface area (Å²) in [6.07, 6.45) is 6.53. The highest BCUT2D eigenvalue weighted by molar-refractivity contribution is 5.88. The van der Waals surface area contributed by atoms with E-state index in [1.807, 2.05) is 12.1 Å². The lowest BCUT2D eigenvalue weighted by Gasteiger charge is -2.14. The maximum Gasteiger partial charge on any atom is 0.221 e. The highest BCUT2D eigenvalue weighted by Gasteiger charge is 2.02. The molecule has 1 amide bonds. The normalized spacial score (nSPS) is 12.2. The molecule has 1 unspecified atom stereocenters. The van der Waals surface area contributed by atoms with Crippen LogP contribution in [0.25, 0.3) is 0 Å². The molecule has 2 N–H and O–H groups in total. The van der Waals surface area contributed by atoms with Gasteiger partial charge in [0, 0.05) is 25.2 Å². The van der Waals surface area contributed by atoms with Gasteiger partial charge in [0.25, 0.3) is 0 Å². The number of anilines is 1. The van der Waals surface area contributed by atoms with E-state index in [1.54, 1.807) is 0 Å². The highest BCUT2D eigenvalue weighted by Crippen LogP contribution is 2.10. The molecule has 0 heterocycles. The Morgan fingerprint density at radius 1 is 1.15 bits per heavy atom. The highest BCUT2D eigenvalue weighted by atomic mass is 16.1. The van der Waals surface area contributed by atoms with Gasteiger partial charge in [0.15, 0.2) is 0 Å². The van der Waals surface area contributed by atoms with Gasteiger partial charge in [-0.2, -0.15) is 0 Å². The molecule has 1 atom stereocenters. The molecule has 0 aromatic heterocycles. The van der Waals surface area contributed by atoms with Crippen molar-refractivity contribution in [2.75, 3.05) is 5.32 Å². The zero-order valence-corrected chi connectivity index (χ0v) is 13.0. The number of benzene rings is 1. The van der Waals surface area contributed by atoms with Crippen LogP contribution >= 0.6 is 0 Å². The van der Waals surface area contributed by atoms with E-state index in [9.17, 15) is 4.79 Å². The van der Waals surface area contributed by atoms with E-state index in [0.29, 0.717) is 6.04 Å². The minimum absolute atomic E-state index is 0.0309. The average molecular weight is 276 g/mol. The fraction of sp³-hybridized carbons (Fsp3) is 0.588. The summed E-state index contributed by atoms with van der Waals surface area (Å²) in [6, 6.07) is 8.57. The third-order valence-corrected chi connectivity index (χ3v) is 3.42. The van der Waals surface area contributed by atoms with Crippen molar-refractivity contribution in [2.24, 2.45) is 0 Å². The van der Waals surface area contributed by atoms with E-state index in [4.69, 9.17) is 0 Å². The van der Waals surface area contributed by atoms with Crippen molar-refractivity contribution >= 4 is 11.6 Å². The van der Waals surface area contributed by atoms with Crippen molar-refractivity contribution in [2.45, 2.75) is 65.5 Å². The van der Waals surface area contributed by atoms with E-state index in [-0.39, 0.29) is 5.91 Å². The molecule has 1 aromatic rings. The van der Waals surface area contributed by atoms with Gasteiger partial charge >= 0.3 is 0 Å². The zero-order chi connectivity index (χ0) is 14.8. The third-order valence-electron chi connectivity index (χ3n) is 3.42. The molecule has 0 fully saturated rings. The Balaban J connectivity index is 2.25. The second-order valence-electron chi connectivity index (χ2n) is 5.51. The maximum atomic E-state index is 10.9. The van der Waals surface area contributed by atoms with Crippen LogP contribution in [0.5, 0.6) is 0 Å². The van der Waals surface area contributed by atoms with Gasteiger partial charge in [-0.25, -0.2) is 0 Å². The van der Waals surface area contributed by atoms with Gasteiger partial charge in [-0.1, -0.05) is 44.7 Å². The molecule has 0 radical (unpaired) electrons. The van der Waals surface area contributed by atoms with Crippen LogP contribution in [0.3, 0.4) is 0 Å². The van der Waals surface area contributed by atoms with Crippen LogP contribution in [0, 0.1) is 0 Å². The first-order valence-corrected chi connectivity index (χ1v) is 7.71. The van der Waals surface area contributed by atoms with Gasteiger partial charge < -0.3 is 10.6 Å². The van der Waals surface area contributed by atoms with Crippen LogP contribution < -0.4 is 10.6 Å². The molecule has 112 valence electrons. The van der Waals surface area contributed by atoms with Gasteiger partial charge in [-0.3, -0.25) is 4.79 Å². The summed E-state index contributed by atoms with van der Waals surface area (Å²) in [6.45, 7) is 6.90. The molecule has 0 saturated heterocycles. The molecule has 0 bridgehead atoms. The largest absolute Gasteiger partial charge is 0.326 e. The zero-order valence-electron chi connectivity index (χ0n) is 13.0. The lowest BCUT2D eigenvalue weighted by atomic mass is 10.1. The SMILES string of the molecule is CCCCCCC(C)NCc1ccc(NC(C)=O)cc1. The Morgan fingerprint density at radius 2 is 1.85 bits per heavy atom. The first kappa shape index (κ1) is 16.7. The molecule has 1 aromatic carbocycles. The van der Waals surface area contributed by atoms with Crippen molar-refractivity contribution < 1.29 is 4.79 Å². The van der Waals surface area contributed by atoms with Crippen molar-refractivity contribution in [1.82, 2.24) is 5.32 Å². The minimum Gasteiger partial charge on any atom is -0.326 e. The van der Waals surface area contributed by atoms with Crippen LogP contribution in [0.2, 0.25) is 0 Å². The van der Waals surface area contributed by atoms with Crippen LogP contribution in [-0.2, 0) is 11.3 Å². The summed E-state index contributed by atoms with van der Waals surface area (Å²) in [5.74, 6) is -0.0309. The summed E-state index contributed by atoms with van der Waals surface area (Å²) < 4.78 is 0. The smallest absolute Gasteiger partial charge is 0.221 e. The van der Waals surface area contributed by atoms with Crippen LogP contribution in [0.4, 0.5) is 5.69 Å². The number of hydrogen-bond acceptors (Lipinski definition) is 2. The Kier molecular flexibility index (Phi) is 7.97. The quantitative estimate of drug-likeness (QED) is 0.667. The number of carbonyl (C=O) groups excluding carboxylic acids is 1. The first-order chi connectivity index (χ1) is 9.61. The van der Waals surface area contributed by atoms with E-state index in [2.05, 4.69) is 36.6 Å². The topological polar surface area (TPSA) is 41.1 Å². The van der Waals surface area contributed by atoms with Crippen molar-refractivity contribution in [3.8, 4) is 0 Å². The van der Waals surface area contributed by atoms with Crippen molar-refractivity contribution in [3.05, 3.63) is 29.8 Å². The summed E-state index contributed by atoms with van der Waals surface area (Å²) in [5, 5.41) is 6.33. The summed E-state index contributed by atoms with van der Waals surface area (Å²) in [5.41, 5.74) is 2.10. The van der Waals surface area contributed by atoms with Crippen LogP contribution in [0.1, 0.15) is 58.4 Å². The van der Waals surface area contributed by atoms with Gasteiger partial charge in [-0.05, 0) is 31.0 Å². The molecule has 0 aliphatic carbocycles. The fourth-order valence-electron chi connectivity index (χ4n) is 2.18. The standard InChI is InChI=1S/C17H28N2O/c1-4-5-6-7-8-14(2)18-13-16-9-11-17(12-10-16)19-15(3)20/h9-12,14,18H,4-8,13H2,1-3H3,(H,19,20). The molecule has 0 saturated carbocycles. The van der Waals surface area contributed by atoms with E-state index in [1.165, 1.54) is 44.6 Å². The Bertz CT molecular complexity index is 386. The lowest BCUT2D eigenvalue weighted by Crippen LogP contribution is -2.25. The third kappa shape index (κ3) is 7.29. The van der Waals surface area contributed by atoms with Gasteiger partial charge in [0.1, 0.15) is 0 Å². The van der Waals surface area contributed by atoms with Crippen molar-refractivity contribution in [3.63, 3.8) is 0 Å². The monoisotopic (exact) mass is 276 g/mol.